The molecule has 0 atom stereocenters. The van der Waals surface area contributed by atoms with Crippen molar-refractivity contribution in [2.45, 2.75) is 64.2 Å². The Bertz CT molecular complexity index is 1070. The van der Waals surface area contributed by atoms with E-state index in [0.29, 0.717) is 17.0 Å². The van der Waals surface area contributed by atoms with Crippen molar-refractivity contribution in [2.24, 2.45) is 0 Å². The molecular weight excluding hydrogens is 374 g/mol. The molecule has 0 saturated carbocycles. The Balaban J connectivity index is 2.19. The van der Waals surface area contributed by atoms with Gasteiger partial charge in [-0.1, -0.05) is 70.7 Å². The molecule has 0 fully saturated rings. The van der Waals surface area contributed by atoms with Gasteiger partial charge in [0.25, 0.3) is 0 Å². The fraction of sp³-hybridized carbons (Fsp3) is 0.429. The van der Waals surface area contributed by atoms with Crippen molar-refractivity contribution < 1.29 is 12.7 Å². The van der Waals surface area contributed by atoms with Crippen LogP contribution in [0.2, 0.25) is 0 Å². The highest BCUT2D eigenvalue weighted by molar-refractivity contribution is 7.87. The first kappa shape index (κ1) is 20.3. The number of fused-ring (bicyclic) bond motifs is 1. The molecule has 0 aliphatic heterocycles. The predicted octanol–water partition coefficient (Wildman–Crippen LogP) is 4.62. The molecule has 3 rings (SSSR count). The van der Waals surface area contributed by atoms with E-state index < -0.39 is 10.1 Å². The standard InChI is InChI=1S/C21H27N3O3S/c1-13(2)16-11-17(14(3)4)21(18(12-16)15(5)6)28(25,26)27-24-20-10-8-7-9-19(20)22-23-24/h7-15H,1-6H3. The van der Waals surface area contributed by atoms with E-state index in [1.807, 2.05) is 45.9 Å². The van der Waals surface area contributed by atoms with Crippen molar-refractivity contribution in [1.82, 2.24) is 15.2 Å². The second kappa shape index (κ2) is 7.54. The molecule has 1 aromatic heterocycles. The van der Waals surface area contributed by atoms with Crippen molar-refractivity contribution in [2.75, 3.05) is 0 Å². The van der Waals surface area contributed by atoms with Crippen LogP contribution in [0, 0.1) is 0 Å². The fourth-order valence-corrected chi connectivity index (χ4v) is 4.75. The maximum Gasteiger partial charge on any atom is 0.359 e. The fourth-order valence-electron chi connectivity index (χ4n) is 3.21. The summed E-state index contributed by atoms with van der Waals surface area (Å²) in [6, 6.07) is 11.0. The van der Waals surface area contributed by atoms with E-state index in [9.17, 15) is 8.42 Å². The Labute approximate surface area is 166 Å². The van der Waals surface area contributed by atoms with Crippen LogP contribution in [0.1, 0.15) is 76.0 Å². The highest BCUT2D eigenvalue weighted by Crippen LogP contribution is 2.35. The van der Waals surface area contributed by atoms with Gasteiger partial charge in [0, 0.05) is 0 Å². The Morgan fingerprint density at radius 1 is 0.893 bits per heavy atom. The Hall–Kier alpha value is -2.41. The molecule has 0 radical (unpaired) electrons. The number of hydrogen-bond donors (Lipinski definition) is 0. The highest BCUT2D eigenvalue weighted by atomic mass is 32.2. The summed E-state index contributed by atoms with van der Waals surface area (Å²) in [4.78, 5) is 1.22. The number of nitrogens with zero attached hydrogens (tertiary/aromatic N) is 3. The molecule has 0 amide bonds. The smallest absolute Gasteiger partial charge is 0.264 e. The van der Waals surface area contributed by atoms with E-state index in [1.165, 1.54) is 0 Å². The molecule has 0 saturated heterocycles. The summed E-state index contributed by atoms with van der Waals surface area (Å²) in [6.45, 7) is 12.2. The molecule has 7 heteroatoms. The van der Waals surface area contributed by atoms with Crippen LogP contribution in [0.4, 0.5) is 0 Å². The van der Waals surface area contributed by atoms with Gasteiger partial charge in [-0.15, -0.1) is 5.10 Å². The average molecular weight is 402 g/mol. The zero-order valence-corrected chi connectivity index (χ0v) is 18.0. The lowest BCUT2D eigenvalue weighted by Gasteiger charge is -2.22. The average Bonchev–Trinajstić information content (AvgIpc) is 3.02. The molecule has 150 valence electrons. The third kappa shape index (κ3) is 3.76. The third-order valence-corrected chi connectivity index (χ3v) is 6.13. The summed E-state index contributed by atoms with van der Waals surface area (Å²) in [5, 5.41) is 7.84. The molecule has 2 aromatic carbocycles. The van der Waals surface area contributed by atoms with Gasteiger partial charge < -0.3 is 0 Å². The molecule has 6 nitrogen and oxygen atoms in total. The molecule has 1 heterocycles. The van der Waals surface area contributed by atoms with Crippen LogP contribution < -0.4 is 4.28 Å². The molecule has 0 spiro atoms. The van der Waals surface area contributed by atoms with Crippen LogP contribution >= 0.6 is 0 Å². The van der Waals surface area contributed by atoms with Crippen molar-refractivity contribution in [1.29, 1.82) is 0 Å². The Morgan fingerprint density at radius 2 is 1.46 bits per heavy atom. The minimum absolute atomic E-state index is 0.0251. The molecule has 0 bridgehead atoms. The van der Waals surface area contributed by atoms with E-state index in [1.54, 1.807) is 18.2 Å². The van der Waals surface area contributed by atoms with Crippen LogP contribution in [-0.4, -0.2) is 23.6 Å². The summed E-state index contributed by atoms with van der Waals surface area (Å²) < 4.78 is 32.2. The van der Waals surface area contributed by atoms with Crippen LogP contribution in [0.25, 0.3) is 11.0 Å². The van der Waals surface area contributed by atoms with E-state index in [4.69, 9.17) is 4.28 Å². The molecule has 0 N–H and O–H groups in total. The third-order valence-electron chi connectivity index (χ3n) is 4.82. The predicted molar refractivity (Wildman–Crippen MR) is 110 cm³/mol. The van der Waals surface area contributed by atoms with Gasteiger partial charge in [0.15, 0.2) is 0 Å². The van der Waals surface area contributed by atoms with Gasteiger partial charge in [-0.25, -0.2) is 0 Å². The minimum Gasteiger partial charge on any atom is -0.264 e. The number of para-hydroxylation sites is 1. The monoisotopic (exact) mass is 401 g/mol. The number of aromatic nitrogens is 3. The second-order valence-corrected chi connectivity index (χ2v) is 9.44. The topological polar surface area (TPSA) is 74.1 Å². The first-order valence-electron chi connectivity index (χ1n) is 9.55. The van der Waals surface area contributed by atoms with Crippen molar-refractivity contribution in [3.05, 3.63) is 53.1 Å². The lowest BCUT2D eigenvalue weighted by atomic mass is 9.89. The Kier molecular flexibility index (Phi) is 5.48. The SMILES string of the molecule is CC(C)c1cc(C(C)C)c(S(=O)(=O)On2nnc3ccccc32)c(C(C)C)c1. The van der Waals surface area contributed by atoms with Crippen molar-refractivity contribution >= 4 is 21.2 Å². The highest BCUT2D eigenvalue weighted by Gasteiger charge is 2.29. The van der Waals surface area contributed by atoms with Gasteiger partial charge in [-0.3, -0.25) is 4.28 Å². The zero-order chi connectivity index (χ0) is 20.6. The van der Waals surface area contributed by atoms with Crippen LogP contribution in [0.15, 0.2) is 41.3 Å². The first-order chi connectivity index (χ1) is 13.1. The van der Waals surface area contributed by atoms with E-state index >= 15 is 0 Å². The number of rotatable bonds is 6. The quantitative estimate of drug-likeness (QED) is 0.602. The summed E-state index contributed by atoms with van der Waals surface area (Å²) in [7, 11) is -4.11. The Morgan fingerprint density at radius 3 is 2.00 bits per heavy atom. The normalized spacial score (nSPS) is 12.5. The molecule has 0 aliphatic rings. The lowest BCUT2D eigenvalue weighted by molar-refractivity contribution is 0.244. The van der Waals surface area contributed by atoms with Gasteiger partial charge >= 0.3 is 10.1 Å². The van der Waals surface area contributed by atoms with Crippen LogP contribution in [-0.2, 0) is 10.1 Å². The first-order valence-corrected chi connectivity index (χ1v) is 11.0. The zero-order valence-electron chi connectivity index (χ0n) is 17.2. The number of benzene rings is 2. The molecule has 0 unspecified atom stereocenters. The second-order valence-electron chi connectivity index (χ2n) is 7.97. The van der Waals surface area contributed by atoms with E-state index in [-0.39, 0.29) is 16.7 Å². The summed E-state index contributed by atoms with van der Waals surface area (Å²) in [5.41, 5.74) is 3.72. The van der Waals surface area contributed by atoms with Gasteiger partial charge in [0.05, 0.1) is 0 Å². The van der Waals surface area contributed by atoms with Gasteiger partial charge in [-0.2, -0.15) is 8.42 Å². The van der Waals surface area contributed by atoms with Gasteiger partial charge in [0.2, 0.25) is 0 Å². The molecular formula is C21H27N3O3S. The maximum atomic E-state index is 13.4. The summed E-state index contributed by atoms with van der Waals surface area (Å²) >= 11 is 0. The van der Waals surface area contributed by atoms with Crippen molar-refractivity contribution in [3.8, 4) is 0 Å². The number of hydrogen-bond acceptors (Lipinski definition) is 5. The van der Waals surface area contributed by atoms with E-state index in [0.717, 1.165) is 21.5 Å². The molecule has 3 aromatic rings. The minimum atomic E-state index is -4.11. The van der Waals surface area contributed by atoms with Crippen molar-refractivity contribution in [3.63, 3.8) is 0 Å². The van der Waals surface area contributed by atoms with Gasteiger partial charge in [-0.05, 0) is 51.8 Å². The lowest BCUT2D eigenvalue weighted by Crippen LogP contribution is -2.24. The summed E-state index contributed by atoms with van der Waals surface area (Å²) in [5.74, 6) is 0.348. The summed E-state index contributed by atoms with van der Waals surface area (Å²) in [6.07, 6.45) is 0. The van der Waals surface area contributed by atoms with E-state index in [2.05, 4.69) is 24.2 Å². The maximum absolute atomic E-state index is 13.4. The van der Waals surface area contributed by atoms with Gasteiger partial charge in [0.1, 0.15) is 15.9 Å². The van der Waals surface area contributed by atoms with Crippen LogP contribution in [0.5, 0.6) is 0 Å². The molecule has 28 heavy (non-hydrogen) atoms. The molecule has 0 aliphatic carbocycles. The van der Waals surface area contributed by atoms with Crippen LogP contribution in [0.3, 0.4) is 0 Å². The largest absolute Gasteiger partial charge is 0.359 e.